The minimum absolute atomic E-state index is 0.365. The zero-order valence-electron chi connectivity index (χ0n) is 16.7. The first kappa shape index (κ1) is 18.4. The summed E-state index contributed by atoms with van der Waals surface area (Å²) < 4.78 is 6.18. The highest BCUT2D eigenvalue weighted by molar-refractivity contribution is 5.94. The Morgan fingerprint density at radius 1 is 0.933 bits per heavy atom. The van der Waals surface area contributed by atoms with Gasteiger partial charge in [-0.2, -0.15) is 10.2 Å². The van der Waals surface area contributed by atoms with Gasteiger partial charge in [-0.25, -0.2) is 0 Å². The van der Waals surface area contributed by atoms with Crippen LogP contribution in [0.5, 0.6) is 0 Å². The number of rotatable bonds is 4. The number of hydrogen-bond donors (Lipinski definition) is 1. The summed E-state index contributed by atoms with van der Waals surface area (Å²) in [6.07, 6.45) is 0. The summed E-state index contributed by atoms with van der Waals surface area (Å²) in [7, 11) is 0. The summed E-state index contributed by atoms with van der Waals surface area (Å²) in [4.78, 5) is 8.24. The second kappa shape index (κ2) is 8.02. The van der Waals surface area contributed by atoms with Gasteiger partial charge in [-0.3, -0.25) is 0 Å². The van der Waals surface area contributed by atoms with E-state index in [0.717, 1.165) is 49.1 Å². The molecule has 3 aromatic carbocycles. The first-order valence-electron chi connectivity index (χ1n) is 10.3. The predicted octanol–water partition coefficient (Wildman–Crippen LogP) is 3.27. The molecule has 0 spiro atoms. The Kier molecular flexibility index (Phi) is 4.92. The molecule has 1 fully saturated rings. The second-order valence-electron chi connectivity index (χ2n) is 7.71. The molecule has 5 nitrogen and oxygen atoms in total. The number of oxazole rings is 1. The molecule has 30 heavy (non-hydrogen) atoms. The fourth-order valence-corrected chi connectivity index (χ4v) is 4.21. The van der Waals surface area contributed by atoms with Gasteiger partial charge in [0.2, 0.25) is 17.5 Å². The molecular weight excluding hydrogens is 372 g/mol. The Labute approximate surface area is 175 Å². The van der Waals surface area contributed by atoms with Crippen molar-refractivity contribution in [2.75, 3.05) is 31.1 Å². The molecule has 0 aliphatic carbocycles. The fraction of sp³-hybridized carbons (Fsp3) is 0.200. The Bertz CT molecular complexity index is 1200. The lowest BCUT2D eigenvalue weighted by atomic mass is 10.0. The minimum atomic E-state index is 0.365. The number of fused-ring (bicyclic) bond motifs is 1. The standard InChI is InChI=1S/C25H22N4O/c26-17-23-25(29-15-13-28(14-16-29)18-19-7-2-1-3-8-19)30-24(27-23)22-12-6-10-20-9-4-5-11-21(20)22/h1-12H,13-16,18H2/p+1. The van der Waals surface area contributed by atoms with E-state index >= 15 is 0 Å². The maximum atomic E-state index is 9.67. The van der Waals surface area contributed by atoms with Crippen molar-refractivity contribution in [1.82, 2.24) is 4.98 Å². The van der Waals surface area contributed by atoms with E-state index in [9.17, 15) is 5.26 Å². The Morgan fingerprint density at radius 3 is 2.47 bits per heavy atom. The van der Waals surface area contributed by atoms with Crippen molar-refractivity contribution in [1.29, 1.82) is 5.26 Å². The summed E-state index contributed by atoms with van der Waals surface area (Å²) in [5, 5.41) is 11.9. The normalized spacial score (nSPS) is 14.7. The van der Waals surface area contributed by atoms with Crippen molar-refractivity contribution in [2.24, 2.45) is 0 Å². The van der Waals surface area contributed by atoms with Crippen LogP contribution in [0.2, 0.25) is 0 Å². The number of hydrogen-bond acceptors (Lipinski definition) is 4. The van der Waals surface area contributed by atoms with Crippen LogP contribution in [0.1, 0.15) is 11.3 Å². The fourth-order valence-electron chi connectivity index (χ4n) is 4.21. The van der Waals surface area contributed by atoms with Crippen LogP contribution in [0.3, 0.4) is 0 Å². The highest BCUT2D eigenvalue weighted by atomic mass is 16.4. The monoisotopic (exact) mass is 395 g/mol. The van der Waals surface area contributed by atoms with Crippen LogP contribution < -0.4 is 9.80 Å². The maximum absolute atomic E-state index is 9.67. The highest BCUT2D eigenvalue weighted by Gasteiger charge is 2.26. The smallest absolute Gasteiger partial charge is 0.235 e. The molecule has 0 amide bonds. The molecule has 1 N–H and O–H groups in total. The van der Waals surface area contributed by atoms with E-state index in [1.807, 2.05) is 24.3 Å². The van der Waals surface area contributed by atoms with Gasteiger partial charge < -0.3 is 14.2 Å². The largest absolute Gasteiger partial charge is 0.419 e. The highest BCUT2D eigenvalue weighted by Crippen LogP contribution is 2.32. The predicted molar refractivity (Wildman–Crippen MR) is 117 cm³/mol. The molecule has 2 heterocycles. The van der Waals surface area contributed by atoms with Gasteiger partial charge in [-0.05, 0) is 16.8 Å². The van der Waals surface area contributed by atoms with Gasteiger partial charge in [-0.15, -0.1) is 0 Å². The minimum Gasteiger partial charge on any atom is -0.419 e. The molecular formula is C25H23N4O+. The van der Waals surface area contributed by atoms with Crippen molar-refractivity contribution in [3.63, 3.8) is 0 Å². The third kappa shape index (κ3) is 3.54. The number of nitrogens with zero attached hydrogens (tertiary/aromatic N) is 3. The van der Waals surface area contributed by atoms with Crippen molar-refractivity contribution in [3.05, 3.63) is 84.1 Å². The molecule has 1 aliphatic rings. The molecule has 5 heteroatoms. The van der Waals surface area contributed by atoms with Gasteiger partial charge in [-0.1, -0.05) is 66.7 Å². The first-order valence-corrected chi connectivity index (χ1v) is 10.3. The van der Waals surface area contributed by atoms with Gasteiger partial charge in [0.05, 0.1) is 26.2 Å². The molecule has 1 aliphatic heterocycles. The molecule has 4 aromatic rings. The Hall–Kier alpha value is -3.62. The average molecular weight is 395 g/mol. The van der Waals surface area contributed by atoms with E-state index in [1.165, 1.54) is 5.56 Å². The molecule has 0 radical (unpaired) electrons. The van der Waals surface area contributed by atoms with Gasteiger partial charge in [0, 0.05) is 11.1 Å². The molecule has 1 saturated heterocycles. The van der Waals surface area contributed by atoms with Crippen molar-refractivity contribution in [2.45, 2.75) is 6.54 Å². The SMILES string of the molecule is N#Cc1nc(-c2cccc3ccccc23)oc1N1CC[NH+](Cc2ccccc2)CC1. The third-order valence-corrected chi connectivity index (χ3v) is 5.79. The lowest BCUT2D eigenvalue weighted by molar-refractivity contribution is -0.914. The van der Waals surface area contributed by atoms with Crippen LogP contribution in [0, 0.1) is 11.3 Å². The molecule has 148 valence electrons. The summed E-state index contributed by atoms with van der Waals surface area (Å²) in [6, 6.07) is 27.1. The first-order chi connectivity index (χ1) is 14.8. The van der Waals surface area contributed by atoms with E-state index in [1.54, 1.807) is 4.90 Å². The van der Waals surface area contributed by atoms with Crippen LogP contribution in [-0.2, 0) is 6.54 Å². The summed E-state index contributed by atoms with van der Waals surface area (Å²) in [5.74, 6) is 1.11. The van der Waals surface area contributed by atoms with Gasteiger partial charge in [0.1, 0.15) is 12.6 Å². The summed E-state index contributed by atoms with van der Waals surface area (Å²) >= 11 is 0. The van der Waals surface area contributed by atoms with Crippen molar-refractivity contribution in [3.8, 4) is 17.5 Å². The molecule has 0 unspecified atom stereocenters. The molecule has 0 saturated carbocycles. The molecule has 5 rings (SSSR count). The van der Waals surface area contributed by atoms with Crippen LogP contribution in [0.4, 0.5) is 5.88 Å². The number of nitrogens with one attached hydrogen (secondary N) is 1. The lowest BCUT2D eigenvalue weighted by Crippen LogP contribution is -3.13. The molecule has 0 bridgehead atoms. The van der Waals surface area contributed by atoms with E-state index in [-0.39, 0.29) is 0 Å². The topological polar surface area (TPSA) is 57.5 Å². The number of benzene rings is 3. The van der Waals surface area contributed by atoms with Gasteiger partial charge in [0.15, 0.2) is 0 Å². The summed E-state index contributed by atoms with van der Waals surface area (Å²) in [6.45, 7) is 4.73. The van der Waals surface area contributed by atoms with Gasteiger partial charge in [0.25, 0.3) is 0 Å². The van der Waals surface area contributed by atoms with E-state index in [2.05, 4.69) is 64.5 Å². The average Bonchev–Trinajstić information content (AvgIpc) is 3.24. The third-order valence-electron chi connectivity index (χ3n) is 5.79. The van der Waals surface area contributed by atoms with Crippen LogP contribution in [0.15, 0.2) is 77.2 Å². The van der Waals surface area contributed by atoms with Crippen molar-refractivity contribution >= 4 is 16.7 Å². The maximum Gasteiger partial charge on any atom is 0.235 e. The zero-order chi connectivity index (χ0) is 20.3. The Morgan fingerprint density at radius 2 is 1.67 bits per heavy atom. The van der Waals surface area contributed by atoms with Crippen LogP contribution >= 0.6 is 0 Å². The Balaban J connectivity index is 1.37. The van der Waals surface area contributed by atoms with E-state index in [0.29, 0.717) is 17.5 Å². The van der Waals surface area contributed by atoms with Crippen LogP contribution in [-0.4, -0.2) is 31.2 Å². The number of aromatic nitrogens is 1. The quantitative estimate of drug-likeness (QED) is 0.576. The zero-order valence-corrected chi connectivity index (χ0v) is 16.7. The van der Waals surface area contributed by atoms with E-state index < -0.39 is 0 Å². The molecule has 0 atom stereocenters. The van der Waals surface area contributed by atoms with Crippen LogP contribution in [0.25, 0.3) is 22.2 Å². The van der Waals surface area contributed by atoms with Crippen molar-refractivity contribution < 1.29 is 9.32 Å². The lowest BCUT2D eigenvalue weighted by Gasteiger charge is -2.32. The number of quaternary nitrogens is 1. The molecule has 1 aromatic heterocycles. The number of piperazine rings is 1. The number of nitriles is 1. The van der Waals surface area contributed by atoms with Gasteiger partial charge >= 0.3 is 0 Å². The second-order valence-corrected chi connectivity index (χ2v) is 7.71. The van der Waals surface area contributed by atoms with E-state index in [4.69, 9.17) is 4.42 Å². The summed E-state index contributed by atoms with van der Waals surface area (Å²) in [5.41, 5.74) is 2.64. The number of anilines is 1.